The summed E-state index contributed by atoms with van der Waals surface area (Å²) in [6, 6.07) is 6.27. The summed E-state index contributed by atoms with van der Waals surface area (Å²) >= 11 is 0. The smallest absolute Gasteiger partial charge is 0.194 e. The van der Waals surface area contributed by atoms with Crippen molar-refractivity contribution in [2.75, 3.05) is 6.26 Å². The highest BCUT2D eigenvalue weighted by Gasteiger charge is 2.19. The normalized spacial score (nSPS) is 13.2. The predicted octanol–water partition coefficient (Wildman–Crippen LogP) is 2.56. The van der Waals surface area contributed by atoms with Gasteiger partial charge in [-0.15, -0.1) is 0 Å². The van der Waals surface area contributed by atoms with Gasteiger partial charge in [-0.3, -0.25) is 0 Å². The molecule has 0 bridgehead atoms. The molecule has 0 aliphatic heterocycles. The molecule has 2 N–H and O–H groups in total. The Morgan fingerprint density at radius 3 is 2.05 bits per heavy atom. The lowest BCUT2D eigenvalue weighted by Crippen LogP contribution is -2.15. The summed E-state index contributed by atoms with van der Waals surface area (Å²) in [5, 5.41) is 0. The van der Waals surface area contributed by atoms with Crippen LogP contribution in [0.1, 0.15) is 17.2 Å². The third-order valence-corrected chi connectivity index (χ3v) is 4.20. The van der Waals surface area contributed by atoms with Crippen LogP contribution in [0.25, 0.3) is 0 Å². The van der Waals surface area contributed by atoms with Crippen molar-refractivity contribution in [3.63, 3.8) is 0 Å². The molecule has 0 aromatic heterocycles. The summed E-state index contributed by atoms with van der Waals surface area (Å²) in [5.41, 5.74) is 5.99. The SMILES string of the molecule is CS(=O)(=O)c1ccc(C(N)c2ccc(F)c(F)c2F)cc1. The highest BCUT2D eigenvalue weighted by molar-refractivity contribution is 7.90. The van der Waals surface area contributed by atoms with Gasteiger partial charge in [0.05, 0.1) is 10.9 Å². The summed E-state index contributed by atoms with van der Waals surface area (Å²) in [4.78, 5) is 0.0872. The Morgan fingerprint density at radius 1 is 0.952 bits per heavy atom. The molecule has 0 amide bonds. The van der Waals surface area contributed by atoms with E-state index in [2.05, 4.69) is 0 Å². The zero-order valence-electron chi connectivity index (χ0n) is 11.0. The van der Waals surface area contributed by atoms with Gasteiger partial charge in [-0.25, -0.2) is 21.6 Å². The summed E-state index contributed by atoms with van der Waals surface area (Å²) in [7, 11) is -3.35. The Kier molecular flexibility index (Phi) is 4.06. The zero-order valence-corrected chi connectivity index (χ0v) is 11.8. The molecule has 0 radical (unpaired) electrons. The molecule has 3 nitrogen and oxygen atoms in total. The lowest BCUT2D eigenvalue weighted by molar-refractivity contribution is 0.438. The number of sulfone groups is 1. The summed E-state index contributed by atoms with van der Waals surface area (Å²) < 4.78 is 62.4. The minimum absolute atomic E-state index is 0.0872. The molecule has 0 heterocycles. The Morgan fingerprint density at radius 2 is 1.52 bits per heavy atom. The number of halogens is 3. The van der Waals surface area contributed by atoms with E-state index < -0.39 is 33.3 Å². The number of nitrogens with two attached hydrogens (primary N) is 1. The molecule has 1 atom stereocenters. The molecule has 2 rings (SSSR count). The van der Waals surface area contributed by atoms with Gasteiger partial charge in [0.25, 0.3) is 0 Å². The molecule has 0 fully saturated rings. The molecule has 112 valence electrons. The van der Waals surface area contributed by atoms with Crippen LogP contribution in [0, 0.1) is 17.5 Å². The monoisotopic (exact) mass is 315 g/mol. The van der Waals surface area contributed by atoms with Crippen LogP contribution in [0.15, 0.2) is 41.3 Å². The van der Waals surface area contributed by atoms with Gasteiger partial charge in [0.1, 0.15) is 0 Å². The molecule has 0 saturated heterocycles. The minimum Gasteiger partial charge on any atom is -0.320 e. The van der Waals surface area contributed by atoms with Gasteiger partial charge < -0.3 is 5.73 Å². The molecular formula is C14H12F3NO2S. The largest absolute Gasteiger partial charge is 0.320 e. The second kappa shape index (κ2) is 5.50. The average Bonchev–Trinajstić information content (AvgIpc) is 2.43. The van der Waals surface area contributed by atoms with Gasteiger partial charge in [0.15, 0.2) is 27.3 Å². The molecule has 2 aromatic carbocycles. The van der Waals surface area contributed by atoms with Gasteiger partial charge in [-0.2, -0.15) is 0 Å². The van der Waals surface area contributed by atoms with Crippen molar-refractivity contribution in [1.29, 1.82) is 0 Å². The van der Waals surface area contributed by atoms with Crippen molar-refractivity contribution < 1.29 is 21.6 Å². The topological polar surface area (TPSA) is 60.2 Å². The molecular weight excluding hydrogens is 303 g/mol. The summed E-state index contributed by atoms with van der Waals surface area (Å²) in [6.45, 7) is 0. The average molecular weight is 315 g/mol. The van der Waals surface area contributed by atoms with E-state index in [1.807, 2.05) is 0 Å². The van der Waals surface area contributed by atoms with E-state index in [4.69, 9.17) is 5.73 Å². The van der Waals surface area contributed by atoms with Crippen molar-refractivity contribution in [1.82, 2.24) is 0 Å². The van der Waals surface area contributed by atoms with Gasteiger partial charge in [-0.1, -0.05) is 18.2 Å². The maximum Gasteiger partial charge on any atom is 0.194 e. The van der Waals surface area contributed by atoms with Crippen LogP contribution >= 0.6 is 0 Å². The Bertz CT molecular complexity index is 774. The first-order chi connectivity index (χ1) is 9.71. The number of rotatable bonds is 3. The lowest BCUT2D eigenvalue weighted by Gasteiger charge is -2.14. The van der Waals surface area contributed by atoms with Crippen LogP contribution in [-0.2, 0) is 9.84 Å². The zero-order chi connectivity index (χ0) is 15.8. The Balaban J connectivity index is 2.41. The van der Waals surface area contributed by atoms with E-state index in [0.717, 1.165) is 18.4 Å². The summed E-state index contributed by atoms with van der Waals surface area (Å²) in [6.07, 6.45) is 1.05. The van der Waals surface area contributed by atoms with Crippen LogP contribution in [0.2, 0.25) is 0 Å². The maximum absolute atomic E-state index is 13.7. The van der Waals surface area contributed by atoms with Crippen molar-refractivity contribution in [2.45, 2.75) is 10.9 Å². The predicted molar refractivity (Wildman–Crippen MR) is 71.9 cm³/mol. The van der Waals surface area contributed by atoms with Crippen LogP contribution in [0.3, 0.4) is 0 Å². The second-order valence-electron chi connectivity index (χ2n) is 4.58. The van der Waals surface area contributed by atoms with Crippen LogP contribution < -0.4 is 5.73 Å². The Hall–Kier alpha value is -1.86. The van der Waals surface area contributed by atoms with Crippen molar-refractivity contribution in [3.05, 3.63) is 65.0 Å². The quantitative estimate of drug-likeness (QED) is 0.886. The fourth-order valence-electron chi connectivity index (χ4n) is 1.88. The molecule has 21 heavy (non-hydrogen) atoms. The third-order valence-electron chi connectivity index (χ3n) is 3.07. The number of benzene rings is 2. The highest BCUT2D eigenvalue weighted by atomic mass is 32.2. The van der Waals surface area contributed by atoms with Gasteiger partial charge >= 0.3 is 0 Å². The van der Waals surface area contributed by atoms with Crippen molar-refractivity contribution >= 4 is 9.84 Å². The first-order valence-corrected chi connectivity index (χ1v) is 7.80. The maximum atomic E-state index is 13.7. The number of hydrogen-bond acceptors (Lipinski definition) is 3. The van der Waals surface area contributed by atoms with Gasteiger partial charge in [0, 0.05) is 11.8 Å². The molecule has 2 aromatic rings. The first kappa shape index (κ1) is 15.5. The van der Waals surface area contributed by atoms with Crippen LogP contribution in [0.4, 0.5) is 13.2 Å². The molecule has 1 unspecified atom stereocenters. The van der Waals surface area contributed by atoms with Gasteiger partial charge in [-0.05, 0) is 23.8 Å². The molecule has 7 heteroatoms. The standard InChI is InChI=1S/C14H12F3NO2S/c1-21(19,20)9-4-2-8(3-5-9)14(18)10-6-7-11(15)13(17)12(10)16/h2-7,14H,18H2,1H3. The van der Waals surface area contributed by atoms with Crippen LogP contribution in [-0.4, -0.2) is 14.7 Å². The minimum atomic E-state index is -3.35. The molecule has 0 saturated carbocycles. The third kappa shape index (κ3) is 3.08. The van der Waals surface area contributed by atoms with E-state index in [1.165, 1.54) is 24.3 Å². The molecule has 0 spiro atoms. The van der Waals surface area contributed by atoms with E-state index in [0.29, 0.717) is 5.56 Å². The summed E-state index contributed by atoms with van der Waals surface area (Å²) in [5.74, 6) is -4.23. The highest BCUT2D eigenvalue weighted by Crippen LogP contribution is 2.25. The van der Waals surface area contributed by atoms with Crippen molar-refractivity contribution in [3.8, 4) is 0 Å². The van der Waals surface area contributed by atoms with E-state index in [1.54, 1.807) is 0 Å². The molecule has 0 aliphatic rings. The van der Waals surface area contributed by atoms with E-state index in [-0.39, 0.29) is 10.5 Å². The van der Waals surface area contributed by atoms with Gasteiger partial charge in [0.2, 0.25) is 0 Å². The van der Waals surface area contributed by atoms with E-state index in [9.17, 15) is 21.6 Å². The van der Waals surface area contributed by atoms with Crippen LogP contribution in [0.5, 0.6) is 0 Å². The molecule has 0 aliphatic carbocycles. The lowest BCUT2D eigenvalue weighted by atomic mass is 9.99. The van der Waals surface area contributed by atoms with E-state index >= 15 is 0 Å². The fourth-order valence-corrected chi connectivity index (χ4v) is 2.51. The Labute approximate surface area is 120 Å². The fraction of sp³-hybridized carbons (Fsp3) is 0.143. The van der Waals surface area contributed by atoms with Crippen molar-refractivity contribution in [2.24, 2.45) is 5.73 Å². The number of hydrogen-bond donors (Lipinski definition) is 1. The first-order valence-electron chi connectivity index (χ1n) is 5.91. The second-order valence-corrected chi connectivity index (χ2v) is 6.60.